The Morgan fingerprint density at radius 1 is 0.276 bits per heavy atom. The summed E-state index contributed by atoms with van der Waals surface area (Å²) < 4.78 is 4.67. The summed E-state index contributed by atoms with van der Waals surface area (Å²) in [6.45, 7) is 2.13. The highest BCUT2D eigenvalue weighted by Crippen LogP contribution is 2.38. The van der Waals surface area contributed by atoms with Crippen molar-refractivity contribution in [1.29, 1.82) is 0 Å². The molecule has 0 saturated carbocycles. The Labute approximate surface area is 339 Å². The van der Waals surface area contributed by atoms with Gasteiger partial charge in [-0.2, -0.15) is 0 Å². The van der Waals surface area contributed by atoms with Crippen LogP contribution in [-0.2, 0) is 7.05 Å². The van der Waals surface area contributed by atoms with E-state index in [0.717, 1.165) is 0 Å². The van der Waals surface area contributed by atoms with Crippen molar-refractivity contribution in [3.63, 3.8) is 0 Å². The molecule has 0 aliphatic heterocycles. The van der Waals surface area contributed by atoms with Gasteiger partial charge in [-0.3, -0.25) is 0 Å². The Kier molecular flexibility index (Phi) is 9.01. The van der Waals surface area contributed by atoms with Crippen molar-refractivity contribution >= 4 is 43.6 Å². The molecule has 0 atom stereocenters. The maximum Gasteiger partial charge on any atom is 0.0541 e. The van der Waals surface area contributed by atoms with Crippen LogP contribution >= 0.6 is 0 Å². The van der Waals surface area contributed by atoms with Crippen LogP contribution < -0.4 is 0 Å². The second kappa shape index (κ2) is 14.9. The number of nitrogens with zero attached hydrogens (tertiary/aromatic N) is 2. The van der Waals surface area contributed by atoms with E-state index in [0.29, 0.717) is 0 Å². The number of benzene rings is 9. The Balaban J connectivity index is 0.000000144. The van der Waals surface area contributed by atoms with Gasteiger partial charge in [0.15, 0.2) is 0 Å². The second-order valence-electron chi connectivity index (χ2n) is 15.1. The molecule has 11 rings (SSSR count). The van der Waals surface area contributed by atoms with Gasteiger partial charge < -0.3 is 9.13 Å². The molecule has 276 valence electrons. The molecular formula is C56H42N2. The second-order valence-corrected chi connectivity index (χ2v) is 15.1. The van der Waals surface area contributed by atoms with Gasteiger partial charge in [0.25, 0.3) is 0 Å². The lowest BCUT2D eigenvalue weighted by atomic mass is 10.0. The van der Waals surface area contributed by atoms with Gasteiger partial charge in [0.05, 0.1) is 11.0 Å². The molecule has 2 heteroatoms. The van der Waals surface area contributed by atoms with Gasteiger partial charge in [-0.05, 0) is 112 Å². The van der Waals surface area contributed by atoms with Gasteiger partial charge in [0.2, 0.25) is 0 Å². The molecule has 0 aliphatic carbocycles. The Bertz CT molecular complexity index is 3000. The van der Waals surface area contributed by atoms with Crippen LogP contribution in [0.5, 0.6) is 0 Å². The average molecular weight is 743 g/mol. The topological polar surface area (TPSA) is 9.86 Å². The third-order valence-corrected chi connectivity index (χ3v) is 11.5. The standard InChI is InChI=1S/C31H23N.C25H19N/c1-22-12-16-27(17-13-22)32-30-18-14-25(23-8-4-2-5-9-23)20-28(30)29-21-26(15-19-31(29)32)24-10-6-3-7-11-24;1-26-24-14-12-20(18-8-4-2-5-9-18)16-22(24)23-17-21(13-15-25(23)26)19-10-6-3-7-11-19/h2-21H,1H3;2-17H,1H3. The Morgan fingerprint density at radius 3 is 0.897 bits per heavy atom. The van der Waals surface area contributed by atoms with Gasteiger partial charge in [-0.15, -0.1) is 0 Å². The van der Waals surface area contributed by atoms with E-state index in [1.807, 2.05) is 0 Å². The number of hydrogen-bond donors (Lipinski definition) is 0. The van der Waals surface area contributed by atoms with Crippen LogP contribution in [0, 0.1) is 6.92 Å². The lowest BCUT2D eigenvalue weighted by Crippen LogP contribution is -1.93. The predicted octanol–water partition coefficient (Wildman–Crippen LogP) is 15.1. The van der Waals surface area contributed by atoms with E-state index < -0.39 is 0 Å². The quantitative estimate of drug-likeness (QED) is 0.166. The van der Waals surface area contributed by atoms with Crippen molar-refractivity contribution in [3.8, 4) is 50.2 Å². The van der Waals surface area contributed by atoms with Crippen LogP contribution in [0.1, 0.15) is 5.56 Å². The van der Waals surface area contributed by atoms with E-state index in [2.05, 4.69) is 241 Å². The van der Waals surface area contributed by atoms with Gasteiger partial charge in [-0.25, -0.2) is 0 Å². The zero-order valence-electron chi connectivity index (χ0n) is 32.7. The van der Waals surface area contributed by atoms with Crippen LogP contribution in [0.2, 0.25) is 0 Å². The van der Waals surface area contributed by atoms with Crippen LogP contribution in [0.3, 0.4) is 0 Å². The summed E-state index contributed by atoms with van der Waals surface area (Å²) >= 11 is 0. The molecule has 2 heterocycles. The zero-order valence-corrected chi connectivity index (χ0v) is 32.7. The van der Waals surface area contributed by atoms with Crippen LogP contribution in [0.4, 0.5) is 0 Å². The minimum absolute atomic E-state index is 1.19. The summed E-state index contributed by atoms with van der Waals surface area (Å²) in [5.41, 5.74) is 17.5. The van der Waals surface area contributed by atoms with E-state index in [1.54, 1.807) is 0 Å². The van der Waals surface area contributed by atoms with E-state index in [4.69, 9.17) is 0 Å². The first kappa shape index (κ1) is 35.0. The molecule has 11 aromatic rings. The van der Waals surface area contributed by atoms with Crippen LogP contribution in [0.25, 0.3) is 93.8 Å². The third-order valence-electron chi connectivity index (χ3n) is 11.5. The minimum Gasteiger partial charge on any atom is -0.344 e. The zero-order chi connectivity index (χ0) is 39.0. The summed E-state index contributed by atoms with van der Waals surface area (Å²) in [6, 6.07) is 78.4. The molecule has 0 N–H and O–H groups in total. The largest absolute Gasteiger partial charge is 0.344 e. The molecule has 9 aromatic carbocycles. The average Bonchev–Trinajstić information content (AvgIpc) is 3.78. The molecule has 0 bridgehead atoms. The van der Waals surface area contributed by atoms with Crippen LogP contribution in [-0.4, -0.2) is 9.13 Å². The van der Waals surface area contributed by atoms with Crippen molar-refractivity contribution in [1.82, 2.24) is 9.13 Å². The third kappa shape index (κ3) is 6.45. The summed E-state index contributed by atoms with van der Waals surface area (Å²) in [4.78, 5) is 0. The molecule has 2 nitrogen and oxygen atoms in total. The van der Waals surface area contributed by atoms with Gasteiger partial charge in [0.1, 0.15) is 0 Å². The normalized spacial score (nSPS) is 11.3. The monoisotopic (exact) mass is 742 g/mol. The van der Waals surface area contributed by atoms with Crippen molar-refractivity contribution in [3.05, 3.63) is 224 Å². The summed E-state index contributed by atoms with van der Waals surface area (Å²) in [6.07, 6.45) is 0. The van der Waals surface area contributed by atoms with E-state index in [1.165, 1.54) is 99.4 Å². The lowest BCUT2D eigenvalue weighted by molar-refractivity contribution is 1.01. The molecule has 0 aliphatic rings. The number of fused-ring (bicyclic) bond motifs is 6. The van der Waals surface area contributed by atoms with E-state index >= 15 is 0 Å². The summed E-state index contributed by atoms with van der Waals surface area (Å²) in [5.74, 6) is 0. The fourth-order valence-electron chi connectivity index (χ4n) is 8.45. The van der Waals surface area contributed by atoms with Gasteiger partial charge in [0, 0.05) is 45.3 Å². The molecule has 0 unspecified atom stereocenters. The fraction of sp³-hybridized carbons (Fsp3) is 0.0357. The SMILES string of the molecule is Cc1ccc(-n2c3ccc(-c4ccccc4)cc3c3cc(-c4ccccc4)ccc32)cc1.Cn1c2ccc(-c3ccccc3)cc2c2cc(-c3ccccc3)ccc21. The molecule has 0 spiro atoms. The lowest BCUT2D eigenvalue weighted by Gasteiger charge is -2.09. The molecular weight excluding hydrogens is 701 g/mol. The van der Waals surface area contributed by atoms with Gasteiger partial charge in [-0.1, -0.05) is 163 Å². The molecule has 0 amide bonds. The first-order valence-corrected chi connectivity index (χ1v) is 20.0. The molecule has 0 saturated heterocycles. The summed E-state index contributed by atoms with van der Waals surface area (Å²) in [5, 5.41) is 5.17. The van der Waals surface area contributed by atoms with Crippen LogP contribution in [0.15, 0.2) is 218 Å². The highest BCUT2D eigenvalue weighted by Gasteiger charge is 2.15. The predicted molar refractivity (Wildman–Crippen MR) is 248 cm³/mol. The summed E-state index contributed by atoms with van der Waals surface area (Å²) in [7, 11) is 2.15. The minimum atomic E-state index is 1.19. The molecule has 0 radical (unpaired) electrons. The maximum absolute atomic E-state index is 2.38. The first-order chi connectivity index (χ1) is 28.6. The Morgan fingerprint density at radius 2 is 0.569 bits per heavy atom. The van der Waals surface area contributed by atoms with Crippen molar-refractivity contribution in [2.75, 3.05) is 0 Å². The highest BCUT2D eigenvalue weighted by molar-refractivity contribution is 6.12. The van der Waals surface area contributed by atoms with Gasteiger partial charge >= 0.3 is 0 Å². The molecule has 2 aromatic heterocycles. The molecule has 0 fully saturated rings. The van der Waals surface area contributed by atoms with E-state index in [-0.39, 0.29) is 0 Å². The fourth-order valence-corrected chi connectivity index (χ4v) is 8.45. The van der Waals surface area contributed by atoms with Crippen molar-refractivity contribution in [2.45, 2.75) is 6.92 Å². The highest BCUT2D eigenvalue weighted by atomic mass is 15.0. The number of aromatic nitrogens is 2. The number of rotatable bonds is 5. The Hall–Kier alpha value is -7.42. The number of hydrogen-bond acceptors (Lipinski definition) is 0. The number of aryl methyl sites for hydroxylation is 2. The van der Waals surface area contributed by atoms with E-state index in [9.17, 15) is 0 Å². The maximum atomic E-state index is 2.38. The first-order valence-electron chi connectivity index (χ1n) is 20.0. The smallest absolute Gasteiger partial charge is 0.0541 e. The van der Waals surface area contributed by atoms with Crippen molar-refractivity contribution < 1.29 is 0 Å². The van der Waals surface area contributed by atoms with Crippen molar-refractivity contribution in [2.24, 2.45) is 7.05 Å². The molecule has 58 heavy (non-hydrogen) atoms.